The summed E-state index contributed by atoms with van der Waals surface area (Å²) < 4.78 is 6.49. The zero-order valence-corrected chi connectivity index (χ0v) is 22.9. The largest absolute Gasteiger partial charge is 0.497 e. The lowest BCUT2D eigenvalue weighted by atomic mass is 9.70. The van der Waals surface area contributed by atoms with E-state index in [0.29, 0.717) is 11.8 Å². The number of pyridine rings is 1. The molecule has 3 fully saturated rings. The third-order valence-corrected chi connectivity index (χ3v) is 9.97. The zero-order valence-electron chi connectivity index (χ0n) is 22.9. The molecule has 3 aliphatic rings. The highest BCUT2D eigenvalue weighted by molar-refractivity contribution is 5.99. The van der Waals surface area contributed by atoms with E-state index in [0.717, 1.165) is 52.8 Å². The van der Waals surface area contributed by atoms with Crippen molar-refractivity contribution in [2.24, 2.45) is 11.8 Å². The van der Waals surface area contributed by atoms with Gasteiger partial charge in [-0.25, -0.2) is 0 Å². The Bertz CT molecular complexity index is 1680. The average molecular weight is 518 g/mol. The van der Waals surface area contributed by atoms with E-state index in [2.05, 4.69) is 66.5 Å². The topological polar surface area (TPSA) is 42.4 Å². The zero-order chi connectivity index (χ0) is 26.6. The van der Waals surface area contributed by atoms with Gasteiger partial charge in [-0.1, -0.05) is 49.4 Å². The number of aliphatic hydroxyl groups is 1. The van der Waals surface area contributed by atoms with E-state index < -0.39 is 6.10 Å². The van der Waals surface area contributed by atoms with Crippen LogP contribution in [-0.4, -0.2) is 40.8 Å². The van der Waals surface area contributed by atoms with Gasteiger partial charge in [0.1, 0.15) is 24.4 Å². The molecule has 0 amide bonds. The van der Waals surface area contributed by atoms with Crippen LogP contribution in [0, 0.1) is 11.8 Å². The maximum Gasteiger partial charge on any atom is 0.131 e. The van der Waals surface area contributed by atoms with Crippen LogP contribution in [0.15, 0.2) is 85.1 Å². The van der Waals surface area contributed by atoms with Crippen LogP contribution in [0.1, 0.15) is 43.4 Å². The second-order valence-corrected chi connectivity index (χ2v) is 11.9. The second kappa shape index (κ2) is 9.62. The molecule has 3 aliphatic heterocycles. The van der Waals surface area contributed by atoms with Crippen molar-refractivity contribution in [1.82, 2.24) is 4.98 Å². The Morgan fingerprint density at radius 2 is 1.77 bits per heavy atom. The lowest BCUT2D eigenvalue weighted by molar-refractivity contribution is -0.985. The number of rotatable bonds is 6. The first-order chi connectivity index (χ1) is 19.1. The smallest absolute Gasteiger partial charge is 0.131 e. The molecular formula is C35H37N2O2+. The van der Waals surface area contributed by atoms with Gasteiger partial charge in [0.05, 0.1) is 25.7 Å². The first-order valence-corrected chi connectivity index (χ1v) is 14.5. The number of quaternary nitrogens is 1. The molecule has 5 atom stereocenters. The molecule has 4 heteroatoms. The number of aliphatic hydroxyl groups excluding tert-OH is 1. The summed E-state index contributed by atoms with van der Waals surface area (Å²) in [6, 6.07) is 28.3. The summed E-state index contributed by atoms with van der Waals surface area (Å²) in [4.78, 5) is 4.59. The van der Waals surface area contributed by atoms with E-state index in [4.69, 9.17) is 4.74 Å². The molecule has 0 aliphatic carbocycles. The van der Waals surface area contributed by atoms with Crippen molar-refractivity contribution in [2.75, 3.05) is 20.2 Å². The minimum absolute atomic E-state index is 0.152. The number of fused-ring (bicyclic) bond motifs is 6. The van der Waals surface area contributed by atoms with Gasteiger partial charge in [-0.05, 0) is 75.8 Å². The van der Waals surface area contributed by atoms with Gasteiger partial charge in [0, 0.05) is 35.9 Å². The van der Waals surface area contributed by atoms with E-state index in [1.807, 2.05) is 30.5 Å². The van der Waals surface area contributed by atoms with Crippen molar-refractivity contribution in [1.29, 1.82) is 0 Å². The molecule has 4 nitrogen and oxygen atoms in total. The quantitative estimate of drug-likeness (QED) is 0.188. The standard InChI is InChI=1S/C35H37N2O2/c1-3-23-21-37(22-28-10-6-9-27-17-24-7-4-5-8-25(24)18-31(27)28)16-14-26(23)19-34(37)35(38)30-13-15-36-33-12-11-29(39-2)20-32(30)33/h4-13,15,17-18,20,23,26,34-35,38H,3,14,16,19,21-22H2,1-2H3/q+1/t23-,26-,34-,35+,37?/m0/s1. The van der Waals surface area contributed by atoms with E-state index in [-0.39, 0.29) is 6.04 Å². The molecule has 4 heterocycles. The molecule has 4 aromatic carbocycles. The lowest BCUT2D eigenvalue weighted by Gasteiger charge is -2.58. The summed E-state index contributed by atoms with van der Waals surface area (Å²) in [5.41, 5.74) is 3.28. The SMILES string of the molecule is CC[C@H]1C[N+]2(Cc3cccc4cc5ccccc5cc34)CC[C@H]1C[C@H]2[C@H](O)c1ccnc2ccc(OC)cc12. The molecule has 0 radical (unpaired) electrons. The Morgan fingerprint density at radius 3 is 2.59 bits per heavy atom. The molecule has 2 bridgehead atoms. The van der Waals surface area contributed by atoms with Crippen molar-refractivity contribution in [2.45, 2.75) is 44.9 Å². The fraction of sp³-hybridized carbons (Fsp3) is 0.343. The maximum atomic E-state index is 12.2. The predicted octanol–water partition coefficient (Wildman–Crippen LogP) is 7.42. The van der Waals surface area contributed by atoms with E-state index in [1.54, 1.807) is 7.11 Å². The molecule has 39 heavy (non-hydrogen) atoms. The fourth-order valence-corrected chi connectivity index (χ4v) is 7.91. The predicted molar refractivity (Wildman–Crippen MR) is 159 cm³/mol. The van der Waals surface area contributed by atoms with Gasteiger partial charge >= 0.3 is 0 Å². The average Bonchev–Trinajstić information content (AvgIpc) is 2.99. The first kappa shape index (κ1) is 24.6. The van der Waals surface area contributed by atoms with Crippen LogP contribution in [-0.2, 0) is 6.54 Å². The fourth-order valence-electron chi connectivity index (χ4n) is 7.91. The van der Waals surface area contributed by atoms with Crippen molar-refractivity contribution in [3.63, 3.8) is 0 Å². The van der Waals surface area contributed by atoms with Crippen LogP contribution >= 0.6 is 0 Å². The molecular weight excluding hydrogens is 480 g/mol. The van der Waals surface area contributed by atoms with Gasteiger partial charge in [-0.2, -0.15) is 0 Å². The number of aromatic nitrogens is 1. The van der Waals surface area contributed by atoms with Crippen LogP contribution in [0.5, 0.6) is 5.75 Å². The normalized spacial score (nSPS) is 25.4. The molecule has 0 saturated carbocycles. The molecule has 198 valence electrons. The van der Waals surface area contributed by atoms with Gasteiger partial charge < -0.3 is 14.3 Å². The van der Waals surface area contributed by atoms with E-state index in [9.17, 15) is 5.11 Å². The van der Waals surface area contributed by atoms with Crippen LogP contribution in [0.25, 0.3) is 32.4 Å². The van der Waals surface area contributed by atoms with Gasteiger partial charge in [-0.15, -0.1) is 0 Å². The van der Waals surface area contributed by atoms with Gasteiger partial charge in [0.2, 0.25) is 0 Å². The van der Waals surface area contributed by atoms with E-state index >= 15 is 0 Å². The molecule has 1 aromatic heterocycles. The third-order valence-electron chi connectivity index (χ3n) is 9.97. The van der Waals surface area contributed by atoms with Crippen LogP contribution in [0.4, 0.5) is 0 Å². The highest BCUT2D eigenvalue weighted by Gasteiger charge is 2.54. The summed E-state index contributed by atoms with van der Waals surface area (Å²) in [7, 11) is 1.69. The summed E-state index contributed by atoms with van der Waals surface area (Å²) in [5, 5.41) is 18.4. The summed E-state index contributed by atoms with van der Waals surface area (Å²) >= 11 is 0. The van der Waals surface area contributed by atoms with Crippen molar-refractivity contribution < 1.29 is 14.3 Å². The van der Waals surface area contributed by atoms with Crippen LogP contribution in [0.3, 0.4) is 0 Å². The number of piperidine rings is 3. The van der Waals surface area contributed by atoms with Gasteiger partial charge in [-0.3, -0.25) is 4.98 Å². The van der Waals surface area contributed by atoms with Crippen LogP contribution in [0.2, 0.25) is 0 Å². The van der Waals surface area contributed by atoms with Gasteiger partial charge in [0.15, 0.2) is 0 Å². The molecule has 5 aromatic rings. The summed E-state index contributed by atoms with van der Waals surface area (Å²) in [5.74, 6) is 2.20. The van der Waals surface area contributed by atoms with E-state index in [1.165, 1.54) is 39.9 Å². The minimum atomic E-state index is -0.556. The monoisotopic (exact) mass is 517 g/mol. The number of nitrogens with zero attached hydrogens (tertiary/aromatic N) is 2. The number of methoxy groups -OCH3 is 1. The van der Waals surface area contributed by atoms with Crippen molar-refractivity contribution >= 4 is 32.4 Å². The molecule has 1 unspecified atom stereocenters. The Kier molecular flexibility index (Phi) is 6.06. The van der Waals surface area contributed by atoms with Gasteiger partial charge in [0.25, 0.3) is 0 Å². The summed E-state index contributed by atoms with van der Waals surface area (Å²) in [6.07, 6.45) is 4.82. The third kappa shape index (κ3) is 4.09. The minimum Gasteiger partial charge on any atom is -0.497 e. The number of hydrogen-bond acceptors (Lipinski definition) is 3. The Morgan fingerprint density at radius 1 is 0.949 bits per heavy atom. The van der Waals surface area contributed by atoms with Crippen LogP contribution < -0.4 is 4.74 Å². The number of benzene rings is 4. The Balaban J connectivity index is 1.33. The highest BCUT2D eigenvalue weighted by Crippen LogP contribution is 2.49. The highest BCUT2D eigenvalue weighted by atomic mass is 16.5. The number of hydrogen-bond donors (Lipinski definition) is 1. The summed E-state index contributed by atoms with van der Waals surface area (Å²) in [6.45, 7) is 5.56. The van der Waals surface area contributed by atoms with Crippen molar-refractivity contribution in [3.8, 4) is 5.75 Å². The molecule has 3 saturated heterocycles. The first-order valence-electron chi connectivity index (χ1n) is 14.5. The molecule has 8 rings (SSSR count). The Labute approximate surface area is 230 Å². The second-order valence-electron chi connectivity index (χ2n) is 11.9. The molecule has 0 spiro atoms. The lowest BCUT2D eigenvalue weighted by Crippen LogP contribution is -2.67. The Hall–Kier alpha value is -3.47. The number of ether oxygens (including phenoxy) is 1. The maximum absolute atomic E-state index is 12.2. The van der Waals surface area contributed by atoms with Crippen molar-refractivity contribution in [3.05, 3.63) is 96.2 Å². The molecule has 1 N–H and O–H groups in total.